The summed E-state index contributed by atoms with van der Waals surface area (Å²) in [7, 11) is 0. The van der Waals surface area contributed by atoms with Crippen LogP contribution < -0.4 is 10.7 Å². The molecule has 0 spiro atoms. The van der Waals surface area contributed by atoms with Crippen molar-refractivity contribution >= 4 is 51.3 Å². The summed E-state index contributed by atoms with van der Waals surface area (Å²) in [6.45, 7) is 0. The van der Waals surface area contributed by atoms with Crippen molar-refractivity contribution in [2.24, 2.45) is 5.10 Å². The van der Waals surface area contributed by atoms with Gasteiger partial charge in [0.15, 0.2) is 0 Å². The smallest absolute Gasteiger partial charge is 0.262 e. The zero-order valence-electron chi connectivity index (χ0n) is 19.2. The van der Waals surface area contributed by atoms with E-state index < -0.39 is 11.9 Å². The third-order valence-corrected chi connectivity index (χ3v) is 6.28. The molecule has 0 aliphatic rings. The Labute approximate surface area is 213 Å². The molecule has 1 aromatic heterocycles. The van der Waals surface area contributed by atoms with Gasteiger partial charge in [0, 0.05) is 39.7 Å². The predicted octanol–water partition coefficient (Wildman–Crippen LogP) is 5.47. The molecular weight excluding hydrogens is 472 g/mol. The maximum atomic E-state index is 13.2. The first-order chi connectivity index (χ1) is 17.6. The van der Waals surface area contributed by atoms with Gasteiger partial charge < -0.3 is 10.3 Å². The number of fused-ring (bicyclic) bond motifs is 2. The van der Waals surface area contributed by atoms with Crippen LogP contribution >= 0.6 is 11.6 Å². The maximum Gasteiger partial charge on any atom is 0.262 e. The highest BCUT2D eigenvalue weighted by Crippen LogP contribution is 2.20. The van der Waals surface area contributed by atoms with Gasteiger partial charge in [0.25, 0.3) is 11.8 Å². The van der Waals surface area contributed by atoms with Gasteiger partial charge in [-0.2, -0.15) is 5.10 Å². The van der Waals surface area contributed by atoms with E-state index in [1.165, 1.54) is 0 Å². The highest BCUT2D eigenvalue weighted by molar-refractivity contribution is 6.30. The molecule has 178 valence electrons. The molecule has 0 bridgehead atoms. The van der Waals surface area contributed by atoms with Crippen molar-refractivity contribution in [3.05, 3.63) is 119 Å². The Hall–Kier alpha value is -4.42. The number of para-hydroxylation sites is 1. The second kappa shape index (κ2) is 10.5. The molecule has 6 nitrogen and oxygen atoms in total. The normalized spacial score (nSPS) is 12.1. The Morgan fingerprint density at radius 1 is 0.889 bits per heavy atom. The highest BCUT2D eigenvalue weighted by Gasteiger charge is 2.23. The topological polar surface area (TPSA) is 86.3 Å². The number of aromatic nitrogens is 1. The molecule has 0 aliphatic heterocycles. The number of nitrogens with zero attached hydrogens (tertiary/aromatic N) is 1. The molecule has 5 rings (SSSR count). The molecule has 0 saturated heterocycles. The number of nitrogens with one attached hydrogen (secondary N) is 3. The molecule has 5 aromatic rings. The third-order valence-electron chi connectivity index (χ3n) is 6.03. The van der Waals surface area contributed by atoms with Crippen LogP contribution in [0.15, 0.2) is 102 Å². The van der Waals surface area contributed by atoms with E-state index in [4.69, 9.17) is 11.6 Å². The Morgan fingerprint density at radius 3 is 2.44 bits per heavy atom. The van der Waals surface area contributed by atoms with Crippen LogP contribution in [0.3, 0.4) is 0 Å². The lowest BCUT2D eigenvalue weighted by atomic mass is 10.0. The van der Waals surface area contributed by atoms with Gasteiger partial charge in [0.2, 0.25) is 0 Å². The second-order valence-corrected chi connectivity index (χ2v) is 8.84. The van der Waals surface area contributed by atoms with E-state index in [-0.39, 0.29) is 5.91 Å². The van der Waals surface area contributed by atoms with Crippen LogP contribution in [-0.4, -0.2) is 29.1 Å². The van der Waals surface area contributed by atoms with Crippen LogP contribution in [0.25, 0.3) is 21.7 Å². The van der Waals surface area contributed by atoms with Gasteiger partial charge in [-0.1, -0.05) is 72.3 Å². The number of aromatic amines is 1. The van der Waals surface area contributed by atoms with E-state index >= 15 is 0 Å². The first-order valence-corrected chi connectivity index (χ1v) is 11.9. The van der Waals surface area contributed by atoms with Crippen LogP contribution in [0.4, 0.5) is 0 Å². The van der Waals surface area contributed by atoms with Crippen molar-refractivity contribution in [2.75, 3.05) is 0 Å². The monoisotopic (exact) mass is 494 g/mol. The molecule has 0 saturated carbocycles. The molecule has 7 heteroatoms. The van der Waals surface area contributed by atoms with Gasteiger partial charge in [-0.05, 0) is 46.7 Å². The number of hydrogen-bond acceptors (Lipinski definition) is 3. The number of rotatable bonds is 7. The van der Waals surface area contributed by atoms with Crippen molar-refractivity contribution in [1.29, 1.82) is 0 Å². The average molecular weight is 495 g/mol. The first-order valence-electron chi connectivity index (χ1n) is 11.5. The zero-order valence-corrected chi connectivity index (χ0v) is 20.0. The van der Waals surface area contributed by atoms with Gasteiger partial charge in [-0.15, -0.1) is 0 Å². The Kier molecular flexibility index (Phi) is 6.78. The fourth-order valence-electron chi connectivity index (χ4n) is 4.18. The average Bonchev–Trinajstić information content (AvgIpc) is 3.31. The summed E-state index contributed by atoms with van der Waals surface area (Å²) in [4.78, 5) is 29.4. The van der Waals surface area contributed by atoms with E-state index in [9.17, 15) is 9.59 Å². The molecule has 0 radical (unpaired) electrons. The molecule has 4 aromatic carbocycles. The number of hydrazone groups is 1. The Balaban J connectivity index is 1.37. The fraction of sp³-hybridized carbons (Fsp3) is 0.0690. The van der Waals surface area contributed by atoms with Crippen LogP contribution in [0, 0.1) is 0 Å². The van der Waals surface area contributed by atoms with E-state index in [2.05, 4.69) is 20.8 Å². The third kappa shape index (κ3) is 5.14. The van der Waals surface area contributed by atoms with Gasteiger partial charge >= 0.3 is 0 Å². The number of amides is 2. The Morgan fingerprint density at radius 2 is 1.61 bits per heavy atom. The summed E-state index contributed by atoms with van der Waals surface area (Å²) in [5, 5.41) is 10.7. The summed E-state index contributed by atoms with van der Waals surface area (Å²) >= 11 is 5.95. The lowest BCUT2D eigenvalue weighted by Gasteiger charge is -2.17. The molecule has 0 unspecified atom stereocenters. The number of hydrogen-bond donors (Lipinski definition) is 3. The van der Waals surface area contributed by atoms with Crippen LogP contribution in [0.5, 0.6) is 0 Å². The molecule has 0 fully saturated rings. The van der Waals surface area contributed by atoms with Gasteiger partial charge in [-0.25, -0.2) is 5.43 Å². The predicted molar refractivity (Wildman–Crippen MR) is 144 cm³/mol. The summed E-state index contributed by atoms with van der Waals surface area (Å²) in [5.41, 5.74) is 5.78. The summed E-state index contributed by atoms with van der Waals surface area (Å²) in [5.74, 6) is -0.788. The number of benzene rings is 4. The summed E-state index contributed by atoms with van der Waals surface area (Å²) < 4.78 is 0. The number of carbonyl (C=O) groups is 2. The van der Waals surface area contributed by atoms with Crippen molar-refractivity contribution in [3.8, 4) is 0 Å². The second-order valence-electron chi connectivity index (χ2n) is 8.40. The maximum absolute atomic E-state index is 13.2. The van der Waals surface area contributed by atoms with Crippen molar-refractivity contribution in [1.82, 2.24) is 15.7 Å². The molecule has 2 amide bonds. The number of carbonyl (C=O) groups excluding carboxylic acids is 2. The quantitative estimate of drug-likeness (QED) is 0.207. The molecule has 1 atom stereocenters. The van der Waals surface area contributed by atoms with Gasteiger partial charge in [0.1, 0.15) is 6.04 Å². The van der Waals surface area contributed by atoms with Crippen LogP contribution in [0.2, 0.25) is 5.02 Å². The minimum Gasteiger partial charge on any atom is -0.361 e. The SMILES string of the molecule is O=C(N[C@@H](Cc1c[nH]c2ccccc12)C(=O)N/N=C\c1cccc2ccccc12)c1ccc(Cl)cc1. The van der Waals surface area contributed by atoms with E-state index in [0.29, 0.717) is 17.0 Å². The van der Waals surface area contributed by atoms with Crippen LogP contribution in [-0.2, 0) is 11.2 Å². The molecular formula is C29H23ClN4O2. The number of H-pyrrole nitrogens is 1. The Bertz CT molecular complexity index is 1570. The first kappa shape index (κ1) is 23.3. The lowest BCUT2D eigenvalue weighted by Crippen LogP contribution is -2.46. The van der Waals surface area contributed by atoms with Gasteiger partial charge in [-0.3, -0.25) is 9.59 Å². The summed E-state index contributed by atoms with van der Waals surface area (Å²) in [6, 6.07) is 27.4. The molecule has 0 aliphatic carbocycles. The molecule has 3 N–H and O–H groups in total. The lowest BCUT2D eigenvalue weighted by molar-refractivity contribution is -0.122. The van der Waals surface area contributed by atoms with E-state index in [0.717, 1.165) is 32.8 Å². The minimum absolute atomic E-state index is 0.291. The number of halogens is 1. The molecule has 36 heavy (non-hydrogen) atoms. The standard InChI is InChI=1S/C29H23ClN4O2/c30-23-14-12-20(13-15-23)28(35)33-27(16-22-17-31-26-11-4-3-10-25(22)26)29(36)34-32-18-21-8-5-7-19-6-1-2-9-24(19)21/h1-15,17-18,27,31H,16H2,(H,33,35)(H,34,36)/b32-18-/t27-/m0/s1. The fourth-order valence-corrected chi connectivity index (χ4v) is 4.30. The minimum atomic E-state index is -0.850. The van der Waals surface area contributed by atoms with E-state index in [1.807, 2.05) is 72.9 Å². The largest absolute Gasteiger partial charge is 0.361 e. The van der Waals surface area contributed by atoms with E-state index in [1.54, 1.807) is 30.5 Å². The van der Waals surface area contributed by atoms with Crippen molar-refractivity contribution in [2.45, 2.75) is 12.5 Å². The summed E-state index contributed by atoms with van der Waals surface area (Å²) in [6.07, 6.45) is 3.77. The van der Waals surface area contributed by atoms with Crippen molar-refractivity contribution < 1.29 is 9.59 Å². The molecule has 1 heterocycles. The zero-order chi connectivity index (χ0) is 24.9. The van der Waals surface area contributed by atoms with Gasteiger partial charge in [0.05, 0.1) is 6.21 Å². The van der Waals surface area contributed by atoms with Crippen molar-refractivity contribution in [3.63, 3.8) is 0 Å². The van der Waals surface area contributed by atoms with Crippen LogP contribution in [0.1, 0.15) is 21.5 Å². The highest BCUT2D eigenvalue weighted by atomic mass is 35.5.